The van der Waals surface area contributed by atoms with Crippen LogP contribution in [-0.2, 0) is 4.79 Å². The molecule has 0 aromatic carbocycles. The van der Waals surface area contributed by atoms with Gasteiger partial charge in [0.2, 0.25) is 11.8 Å². The van der Waals surface area contributed by atoms with Crippen LogP contribution in [-0.4, -0.2) is 27.4 Å². The summed E-state index contributed by atoms with van der Waals surface area (Å²) in [6.45, 7) is 3.25. The molecule has 6 nitrogen and oxygen atoms in total. The first kappa shape index (κ1) is 11.0. The molecule has 1 aromatic rings. The van der Waals surface area contributed by atoms with E-state index in [1.54, 1.807) is 13.8 Å². The van der Waals surface area contributed by atoms with E-state index in [9.17, 15) is 4.79 Å². The average Bonchev–Trinajstić information content (AvgIpc) is 2.48. The largest absolute Gasteiger partial charge is 0.416 e. The molecule has 0 saturated heterocycles. The number of nitrogens with two attached hydrogens (primary N) is 2. The maximum absolute atomic E-state index is 10.9. The van der Waals surface area contributed by atoms with Gasteiger partial charge in [0.05, 0.1) is 0 Å². The number of amides is 1. The molecule has 0 spiro atoms. The zero-order valence-corrected chi connectivity index (χ0v) is 8.80. The van der Waals surface area contributed by atoms with Gasteiger partial charge in [-0.25, -0.2) is 0 Å². The molecule has 0 radical (unpaired) electrons. The maximum atomic E-state index is 10.9. The minimum absolute atomic E-state index is 0.309. The SMILES string of the molecule is Cc1nnc(SCC(C)(N)C(N)=O)o1. The van der Waals surface area contributed by atoms with Crippen molar-refractivity contribution in [3.05, 3.63) is 5.89 Å². The van der Waals surface area contributed by atoms with Gasteiger partial charge >= 0.3 is 0 Å². The van der Waals surface area contributed by atoms with Crippen molar-refractivity contribution in [3.63, 3.8) is 0 Å². The number of hydrogen-bond acceptors (Lipinski definition) is 6. The molecule has 4 N–H and O–H groups in total. The van der Waals surface area contributed by atoms with Crippen molar-refractivity contribution in [3.8, 4) is 0 Å². The van der Waals surface area contributed by atoms with E-state index in [2.05, 4.69) is 10.2 Å². The number of aryl methyl sites for hydroxylation is 1. The van der Waals surface area contributed by atoms with Crippen LogP contribution in [0.5, 0.6) is 0 Å². The molecule has 0 fully saturated rings. The number of carbonyl (C=O) groups excluding carboxylic acids is 1. The number of nitrogens with zero attached hydrogens (tertiary/aromatic N) is 2. The first-order valence-electron chi connectivity index (χ1n) is 3.93. The molecule has 0 aliphatic carbocycles. The predicted octanol–water partition coefficient (Wildman–Crippen LogP) is -0.327. The highest BCUT2D eigenvalue weighted by Gasteiger charge is 2.26. The van der Waals surface area contributed by atoms with Gasteiger partial charge in [0, 0.05) is 12.7 Å². The van der Waals surface area contributed by atoms with Crippen LogP contribution in [0.2, 0.25) is 0 Å². The topological polar surface area (TPSA) is 108 Å². The van der Waals surface area contributed by atoms with Crippen molar-refractivity contribution in [2.24, 2.45) is 11.5 Å². The van der Waals surface area contributed by atoms with Gasteiger partial charge in [0.1, 0.15) is 5.54 Å². The molecule has 0 aliphatic rings. The minimum atomic E-state index is -1.06. The van der Waals surface area contributed by atoms with Crippen molar-refractivity contribution in [2.75, 3.05) is 5.75 Å². The van der Waals surface area contributed by atoms with E-state index in [1.807, 2.05) is 0 Å². The Morgan fingerprint density at radius 2 is 2.29 bits per heavy atom. The quantitative estimate of drug-likeness (QED) is 0.667. The molecule has 7 heteroatoms. The van der Waals surface area contributed by atoms with Gasteiger partial charge in [-0.2, -0.15) is 0 Å². The Bertz CT molecular complexity index is 336. The molecule has 0 saturated carbocycles. The van der Waals surface area contributed by atoms with Crippen LogP contribution in [0.15, 0.2) is 9.64 Å². The van der Waals surface area contributed by atoms with Crippen LogP contribution in [0.3, 0.4) is 0 Å². The van der Waals surface area contributed by atoms with Crippen molar-refractivity contribution in [2.45, 2.75) is 24.6 Å². The fraction of sp³-hybridized carbons (Fsp3) is 0.571. The molecule has 1 heterocycles. The third kappa shape index (κ3) is 2.71. The summed E-state index contributed by atoms with van der Waals surface area (Å²) >= 11 is 1.21. The monoisotopic (exact) mass is 216 g/mol. The zero-order chi connectivity index (χ0) is 10.8. The lowest BCUT2D eigenvalue weighted by molar-refractivity contribution is -0.121. The minimum Gasteiger partial charge on any atom is -0.416 e. The van der Waals surface area contributed by atoms with Gasteiger partial charge in [-0.05, 0) is 6.92 Å². The Morgan fingerprint density at radius 3 is 2.71 bits per heavy atom. The van der Waals surface area contributed by atoms with Crippen molar-refractivity contribution in [1.29, 1.82) is 0 Å². The number of rotatable bonds is 4. The second-order valence-corrected chi connectivity index (χ2v) is 4.08. The van der Waals surface area contributed by atoms with Crippen molar-refractivity contribution >= 4 is 17.7 Å². The van der Waals surface area contributed by atoms with Gasteiger partial charge in [-0.15, -0.1) is 10.2 Å². The summed E-state index contributed by atoms with van der Waals surface area (Å²) in [5, 5.41) is 7.77. The third-order valence-corrected chi connectivity index (χ3v) is 2.72. The van der Waals surface area contributed by atoms with E-state index in [0.29, 0.717) is 16.9 Å². The summed E-state index contributed by atoms with van der Waals surface area (Å²) in [4.78, 5) is 10.9. The molecular weight excluding hydrogens is 204 g/mol. The van der Waals surface area contributed by atoms with Crippen molar-refractivity contribution in [1.82, 2.24) is 10.2 Å². The lowest BCUT2D eigenvalue weighted by Gasteiger charge is -2.18. The van der Waals surface area contributed by atoms with Crippen molar-refractivity contribution < 1.29 is 9.21 Å². The first-order valence-corrected chi connectivity index (χ1v) is 4.92. The maximum Gasteiger partial charge on any atom is 0.276 e. The fourth-order valence-corrected chi connectivity index (χ4v) is 1.46. The number of thioether (sulfide) groups is 1. The van der Waals surface area contributed by atoms with E-state index >= 15 is 0 Å². The highest BCUT2D eigenvalue weighted by Crippen LogP contribution is 2.19. The smallest absolute Gasteiger partial charge is 0.276 e. The second-order valence-electron chi connectivity index (χ2n) is 3.16. The Kier molecular flexibility index (Phi) is 3.12. The summed E-state index contributed by atoms with van der Waals surface area (Å²) in [5.41, 5.74) is 9.66. The molecule has 1 amide bonds. The summed E-state index contributed by atoms with van der Waals surface area (Å²) < 4.78 is 5.09. The van der Waals surface area contributed by atoms with E-state index in [1.165, 1.54) is 11.8 Å². The Balaban J connectivity index is 2.52. The van der Waals surface area contributed by atoms with Crippen LogP contribution in [0.1, 0.15) is 12.8 Å². The van der Waals surface area contributed by atoms with E-state index < -0.39 is 11.4 Å². The summed E-state index contributed by atoms with van der Waals surface area (Å²) in [5.74, 6) is 0.232. The van der Waals surface area contributed by atoms with Crippen LogP contribution in [0.4, 0.5) is 0 Å². The van der Waals surface area contributed by atoms with Gasteiger partial charge in [-0.3, -0.25) is 4.79 Å². The van der Waals surface area contributed by atoms with Gasteiger partial charge in [0.15, 0.2) is 0 Å². The lowest BCUT2D eigenvalue weighted by atomic mass is 10.1. The second kappa shape index (κ2) is 3.97. The Labute approximate surface area is 85.4 Å². The van der Waals surface area contributed by atoms with Crippen LogP contribution in [0.25, 0.3) is 0 Å². The molecule has 1 aromatic heterocycles. The summed E-state index contributed by atoms with van der Waals surface area (Å²) in [7, 11) is 0. The number of aromatic nitrogens is 2. The Morgan fingerprint density at radius 1 is 1.64 bits per heavy atom. The molecule has 14 heavy (non-hydrogen) atoms. The highest BCUT2D eigenvalue weighted by molar-refractivity contribution is 7.99. The van der Waals surface area contributed by atoms with Gasteiger partial charge in [0.25, 0.3) is 5.22 Å². The first-order chi connectivity index (χ1) is 6.42. The molecular formula is C7H12N4O2S. The third-order valence-electron chi connectivity index (χ3n) is 1.57. The van der Waals surface area contributed by atoms with E-state index in [4.69, 9.17) is 15.9 Å². The van der Waals surface area contributed by atoms with Crippen LogP contribution in [0, 0.1) is 6.92 Å². The number of primary amides is 1. The normalized spacial score (nSPS) is 15.1. The molecule has 0 aliphatic heterocycles. The number of hydrogen-bond donors (Lipinski definition) is 2. The average molecular weight is 216 g/mol. The molecule has 78 valence electrons. The standard InChI is InChI=1S/C7H12N4O2S/c1-4-10-11-6(13-4)14-3-7(2,9)5(8)12/h3,9H2,1-2H3,(H2,8,12). The summed E-state index contributed by atoms with van der Waals surface area (Å²) in [6, 6.07) is 0. The summed E-state index contributed by atoms with van der Waals surface area (Å²) in [6.07, 6.45) is 0. The molecule has 1 rings (SSSR count). The lowest BCUT2D eigenvalue weighted by Crippen LogP contribution is -2.51. The van der Waals surface area contributed by atoms with E-state index in [-0.39, 0.29) is 0 Å². The predicted molar refractivity (Wildman–Crippen MR) is 51.5 cm³/mol. The Hall–Kier alpha value is -1.08. The molecule has 1 unspecified atom stereocenters. The van der Waals surface area contributed by atoms with Crippen LogP contribution < -0.4 is 11.5 Å². The van der Waals surface area contributed by atoms with Gasteiger partial charge in [-0.1, -0.05) is 11.8 Å². The van der Waals surface area contributed by atoms with Crippen LogP contribution >= 0.6 is 11.8 Å². The highest BCUT2D eigenvalue weighted by atomic mass is 32.2. The number of carbonyl (C=O) groups is 1. The molecule has 1 atom stereocenters. The van der Waals surface area contributed by atoms with Gasteiger partial charge < -0.3 is 15.9 Å². The van der Waals surface area contributed by atoms with E-state index in [0.717, 1.165) is 0 Å². The molecule has 0 bridgehead atoms. The fourth-order valence-electron chi connectivity index (χ4n) is 0.620. The zero-order valence-electron chi connectivity index (χ0n) is 7.98.